The van der Waals surface area contributed by atoms with Crippen molar-refractivity contribution in [3.63, 3.8) is 0 Å². The normalized spacial score (nSPS) is 13.0. The highest BCUT2D eigenvalue weighted by molar-refractivity contribution is 7.89. The Morgan fingerprint density at radius 3 is 2.43 bits per heavy atom. The van der Waals surface area contributed by atoms with Crippen molar-refractivity contribution in [2.24, 2.45) is 0 Å². The van der Waals surface area contributed by atoms with Crippen molar-refractivity contribution in [3.8, 4) is 11.5 Å². The molecule has 1 aromatic heterocycles. The lowest BCUT2D eigenvalue weighted by Crippen LogP contribution is -2.29. The van der Waals surface area contributed by atoms with E-state index in [-0.39, 0.29) is 4.90 Å². The molecule has 2 aromatic carbocycles. The molecule has 6 nitrogen and oxygen atoms in total. The van der Waals surface area contributed by atoms with Gasteiger partial charge in [0.05, 0.1) is 34.4 Å². The molecule has 0 spiro atoms. The standard InChI is InChI=1S/C20H24N2O4S2/c1-5-25-17-12-11-15(13-18(17)26-6-2)28(23,24)22(4)14(3)20-21-16-9-7-8-10-19(16)27-20/h7-14H,5-6H2,1-4H3/t14-/m1/s1. The van der Waals surface area contributed by atoms with E-state index < -0.39 is 16.1 Å². The Hall–Kier alpha value is -2.16. The summed E-state index contributed by atoms with van der Waals surface area (Å²) in [6, 6.07) is 12.1. The number of ether oxygens (including phenoxy) is 2. The highest BCUT2D eigenvalue weighted by Gasteiger charge is 2.29. The summed E-state index contributed by atoms with van der Waals surface area (Å²) < 4.78 is 39.9. The van der Waals surface area contributed by atoms with E-state index in [9.17, 15) is 8.42 Å². The number of para-hydroxylation sites is 1. The lowest BCUT2D eigenvalue weighted by molar-refractivity contribution is 0.287. The van der Waals surface area contributed by atoms with Crippen LogP contribution in [0.4, 0.5) is 0 Å². The van der Waals surface area contributed by atoms with Gasteiger partial charge in [0.25, 0.3) is 0 Å². The minimum absolute atomic E-state index is 0.162. The second-order valence-electron chi connectivity index (χ2n) is 6.19. The molecule has 1 atom stereocenters. The Bertz CT molecular complexity index is 1030. The highest BCUT2D eigenvalue weighted by atomic mass is 32.2. The van der Waals surface area contributed by atoms with Crippen molar-refractivity contribution in [1.29, 1.82) is 0 Å². The van der Waals surface area contributed by atoms with Gasteiger partial charge in [0.15, 0.2) is 11.5 Å². The largest absolute Gasteiger partial charge is 0.490 e. The van der Waals surface area contributed by atoms with E-state index in [0.717, 1.165) is 15.2 Å². The Morgan fingerprint density at radius 2 is 1.75 bits per heavy atom. The summed E-state index contributed by atoms with van der Waals surface area (Å²) in [5.74, 6) is 0.955. The zero-order valence-corrected chi connectivity index (χ0v) is 18.0. The summed E-state index contributed by atoms with van der Waals surface area (Å²) >= 11 is 1.50. The highest BCUT2D eigenvalue weighted by Crippen LogP contribution is 2.35. The van der Waals surface area contributed by atoms with Crippen LogP contribution in [0.25, 0.3) is 10.2 Å². The van der Waals surface area contributed by atoms with Crippen LogP contribution in [0, 0.1) is 0 Å². The van der Waals surface area contributed by atoms with E-state index in [4.69, 9.17) is 9.47 Å². The number of benzene rings is 2. The average molecular weight is 421 g/mol. The predicted octanol–water partition coefficient (Wildman–Crippen LogP) is 4.48. The van der Waals surface area contributed by atoms with Crippen molar-refractivity contribution >= 4 is 31.6 Å². The van der Waals surface area contributed by atoms with Gasteiger partial charge < -0.3 is 9.47 Å². The summed E-state index contributed by atoms with van der Waals surface area (Å²) in [5.41, 5.74) is 0.875. The first-order chi connectivity index (χ1) is 13.4. The smallest absolute Gasteiger partial charge is 0.243 e. The molecule has 0 aliphatic rings. The molecule has 0 unspecified atom stereocenters. The van der Waals surface area contributed by atoms with Gasteiger partial charge in [-0.2, -0.15) is 4.31 Å². The molecule has 0 amide bonds. The zero-order chi connectivity index (χ0) is 20.3. The van der Waals surface area contributed by atoms with Gasteiger partial charge in [-0.05, 0) is 45.0 Å². The van der Waals surface area contributed by atoms with Crippen molar-refractivity contribution in [2.45, 2.75) is 31.7 Å². The van der Waals surface area contributed by atoms with Crippen LogP contribution in [0.5, 0.6) is 11.5 Å². The quantitative estimate of drug-likeness (QED) is 0.538. The van der Waals surface area contributed by atoms with Crippen LogP contribution < -0.4 is 9.47 Å². The van der Waals surface area contributed by atoms with E-state index in [1.807, 2.05) is 45.0 Å². The van der Waals surface area contributed by atoms with Gasteiger partial charge in [-0.15, -0.1) is 11.3 Å². The van der Waals surface area contributed by atoms with Crippen LogP contribution in [-0.4, -0.2) is 38.0 Å². The summed E-state index contributed by atoms with van der Waals surface area (Å²) in [6.45, 7) is 6.45. The van der Waals surface area contributed by atoms with Crippen LogP contribution in [0.15, 0.2) is 47.4 Å². The molecule has 0 N–H and O–H groups in total. The van der Waals surface area contributed by atoms with E-state index in [1.54, 1.807) is 19.2 Å². The number of nitrogens with zero attached hydrogens (tertiary/aromatic N) is 2. The molecule has 3 rings (SSSR count). The molecular formula is C20H24N2O4S2. The summed E-state index contributed by atoms with van der Waals surface area (Å²) in [4.78, 5) is 4.76. The molecule has 0 bridgehead atoms. The molecule has 0 fully saturated rings. The van der Waals surface area contributed by atoms with Crippen LogP contribution in [0.1, 0.15) is 31.8 Å². The first kappa shape index (κ1) is 20.6. The number of fused-ring (bicyclic) bond motifs is 1. The Kier molecular flexibility index (Phi) is 6.22. The second-order valence-corrected chi connectivity index (χ2v) is 9.25. The van der Waals surface area contributed by atoms with Crippen LogP contribution in [-0.2, 0) is 10.0 Å². The number of hydrogen-bond donors (Lipinski definition) is 0. The Morgan fingerprint density at radius 1 is 1.07 bits per heavy atom. The molecule has 0 saturated heterocycles. The molecule has 1 heterocycles. The van der Waals surface area contributed by atoms with Crippen molar-refractivity contribution in [2.75, 3.05) is 20.3 Å². The van der Waals surface area contributed by atoms with Crippen molar-refractivity contribution in [3.05, 3.63) is 47.5 Å². The number of thiazole rings is 1. The molecule has 0 aliphatic heterocycles. The topological polar surface area (TPSA) is 68.7 Å². The molecule has 150 valence electrons. The van der Waals surface area contributed by atoms with Gasteiger partial charge >= 0.3 is 0 Å². The van der Waals surface area contributed by atoms with Crippen molar-refractivity contribution in [1.82, 2.24) is 9.29 Å². The predicted molar refractivity (Wildman–Crippen MR) is 112 cm³/mol. The van der Waals surface area contributed by atoms with Gasteiger partial charge in [0.2, 0.25) is 10.0 Å². The van der Waals surface area contributed by atoms with Gasteiger partial charge in [-0.25, -0.2) is 13.4 Å². The molecule has 28 heavy (non-hydrogen) atoms. The summed E-state index contributed by atoms with van der Waals surface area (Å²) in [5, 5.41) is 0.753. The van der Waals surface area contributed by atoms with E-state index in [1.165, 1.54) is 21.7 Å². The van der Waals surface area contributed by atoms with Gasteiger partial charge in [0.1, 0.15) is 5.01 Å². The fraction of sp³-hybridized carbons (Fsp3) is 0.350. The minimum atomic E-state index is -3.73. The Balaban J connectivity index is 1.93. The molecule has 0 saturated carbocycles. The van der Waals surface area contributed by atoms with Crippen LogP contribution in [0.2, 0.25) is 0 Å². The lowest BCUT2D eigenvalue weighted by atomic mass is 10.3. The van der Waals surface area contributed by atoms with Crippen molar-refractivity contribution < 1.29 is 17.9 Å². The third kappa shape index (κ3) is 3.99. The first-order valence-corrected chi connectivity index (χ1v) is 11.4. The van der Waals surface area contributed by atoms with E-state index in [2.05, 4.69) is 4.98 Å². The summed E-state index contributed by atoms with van der Waals surface area (Å²) in [6.07, 6.45) is 0. The maximum Gasteiger partial charge on any atom is 0.243 e. The Labute approximate surface area is 169 Å². The van der Waals surface area contributed by atoms with E-state index >= 15 is 0 Å². The number of sulfonamides is 1. The fourth-order valence-electron chi connectivity index (χ4n) is 2.79. The van der Waals surface area contributed by atoms with Crippen LogP contribution in [0.3, 0.4) is 0 Å². The molecule has 8 heteroatoms. The third-order valence-corrected chi connectivity index (χ3v) is 7.54. The van der Waals surface area contributed by atoms with E-state index in [0.29, 0.717) is 24.7 Å². The molecular weight excluding hydrogens is 396 g/mol. The van der Waals surface area contributed by atoms with Gasteiger partial charge in [0, 0.05) is 13.1 Å². The molecule has 3 aromatic rings. The molecule has 0 aliphatic carbocycles. The van der Waals surface area contributed by atoms with Crippen LogP contribution >= 0.6 is 11.3 Å². The fourth-order valence-corrected chi connectivity index (χ4v) is 5.26. The average Bonchev–Trinajstić information content (AvgIpc) is 3.12. The monoisotopic (exact) mass is 420 g/mol. The summed E-state index contributed by atoms with van der Waals surface area (Å²) in [7, 11) is -2.16. The number of hydrogen-bond acceptors (Lipinski definition) is 6. The maximum atomic E-state index is 13.2. The molecule has 0 radical (unpaired) electrons. The third-order valence-electron chi connectivity index (χ3n) is 4.41. The number of aromatic nitrogens is 1. The maximum absolute atomic E-state index is 13.2. The minimum Gasteiger partial charge on any atom is -0.490 e. The zero-order valence-electron chi connectivity index (χ0n) is 16.4. The second kappa shape index (κ2) is 8.46. The van der Waals surface area contributed by atoms with Gasteiger partial charge in [-0.1, -0.05) is 12.1 Å². The van der Waals surface area contributed by atoms with Gasteiger partial charge in [-0.3, -0.25) is 0 Å². The SMILES string of the molecule is CCOc1ccc(S(=O)(=O)N(C)[C@H](C)c2nc3ccccc3s2)cc1OCC. The number of rotatable bonds is 8. The first-order valence-electron chi connectivity index (χ1n) is 9.11. The lowest BCUT2D eigenvalue weighted by Gasteiger charge is -2.23.